The number of benzene rings is 1. The lowest BCUT2D eigenvalue weighted by molar-refractivity contribution is 0.168. The van der Waals surface area contributed by atoms with Crippen molar-refractivity contribution in [3.63, 3.8) is 0 Å². The van der Waals surface area contributed by atoms with Gasteiger partial charge in [0.2, 0.25) is 0 Å². The minimum absolute atomic E-state index is 0.727. The molecular weight excluding hydrogens is 256 g/mol. The van der Waals surface area contributed by atoms with E-state index in [1.165, 1.54) is 31.2 Å². The van der Waals surface area contributed by atoms with E-state index in [4.69, 9.17) is 11.6 Å². The van der Waals surface area contributed by atoms with Crippen molar-refractivity contribution in [3.05, 3.63) is 34.9 Å². The quantitative estimate of drug-likeness (QED) is 0.885. The highest BCUT2D eigenvalue weighted by atomic mass is 35.5. The molecule has 2 rings (SSSR count). The van der Waals surface area contributed by atoms with Gasteiger partial charge in [0.25, 0.3) is 0 Å². The molecule has 3 heteroatoms. The van der Waals surface area contributed by atoms with Gasteiger partial charge in [0.15, 0.2) is 0 Å². The van der Waals surface area contributed by atoms with Crippen molar-refractivity contribution in [1.82, 2.24) is 10.2 Å². The van der Waals surface area contributed by atoms with Crippen LogP contribution in [0.15, 0.2) is 24.3 Å². The molecule has 1 aromatic rings. The fourth-order valence-electron chi connectivity index (χ4n) is 3.02. The Hall–Kier alpha value is -0.570. The van der Waals surface area contributed by atoms with E-state index in [1.54, 1.807) is 0 Å². The normalized spacial score (nSPS) is 23.8. The average Bonchev–Trinajstić information content (AvgIpc) is 2.42. The molecule has 0 bridgehead atoms. The van der Waals surface area contributed by atoms with Gasteiger partial charge in [0, 0.05) is 23.7 Å². The summed E-state index contributed by atoms with van der Waals surface area (Å²) in [4.78, 5) is 2.49. The third-order valence-corrected chi connectivity index (χ3v) is 4.41. The van der Waals surface area contributed by atoms with Gasteiger partial charge in [0.1, 0.15) is 0 Å². The molecule has 1 aromatic carbocycles. The third kappa shape index (κ3) is 4.48. The van der Waals surface area contributed by atoms with Crippen LogP contribution in [0.1, 0.15) is 38.2 Å². The van der Waals surface area contributed by atoms with Crippen LogP contribution < -0.4 is 5.32 Å². The molecule has 1 N–H and O–H groups in total. The number of halogens is 1. The standard InChI is InChI=1S/C16H25ClN2/c1-3-18-15-8-10-16(11-9-15)19(2)12-13-4-6-14(17)7-5-13/h4-7,15-16,18H,3,8-12H2,1-2H3. The van der Waals surface area contributed by atoms with Crippen LogP contribution in [0.3, 0.4) is 0 Å². The summed E-state index contributed by atoms with van der Waals surface area (Å²) >= 11 is 5.92. The minimum Gasteiger partial charge on any atom is -0.314 e. The van der Waals surface area contributed by atoms with Gasteiger partial charge >= 0.3 is 0 Å². The van der Waals surface area contributed by atoms with Crippen LogP contribution in [0, 0.1) is 0 Å². The van der Waals surface area contributed by atoms with Gasteiger partial charge in [-0.1, -0.05) is 30.7 Å². The van der Waals surface area contributed by atoms with E-state index in [0.29, 0.717) is 0 Å². The van der Waals surface area contributed by atoms with Crippen LogP contribution in [0.25, 0.3) is 0 Å². The molecule has 0 amide bonds. The molecule has 106 valence electrons. The molecule has 19 heavy (non-hydrogen) atoms. The Morgan fingerprint density at radius 1 is 1.16 bits per heavy atom. The van der Waals surface area contributed by atoms with Crippen LogP contribution in [0.4, 0.5) is 0 Å². The van der Waals surface area contributed by atoms with Gasteiger partial charge in [-0.2, -0.15) is 0 Å². The summed E-state index contributed by atoms with van der Waals surface area (Å²) < 4.78 is 0. The number of hydrogen-bond donors (Lipinski definition) is 1. The molecule has 0 aliphatic heterocycles. The van der Waals surface area contributed by atoms with E-state index in [9.17, 15) is 0 Å². The fourth-order valence-corrected chi connectivity index (χ4v) is 3.14. The lowest BCUT2D eigenvalue weighted by Gasteiger charge is -2.35. The Balaban J connectivity index is 1.81. The zero-order valence-corrected chi connectivity index (χ0v) is 12.8. The topological polar surface area (TPSA) is 15.3 Å². The van der Waals surface area contributed by atoms with Crippen molar-refractivity contribution >= 4 is 11.6 Å². The summed E-state index contributed by atoms with van der Waals surface area (Å²) in [5, 5.41) is 4.38. The van der Waals surface area contributed by atoms with Gasteiger partial charge < -0.3 is 5.32 Å². The summed E-state index contributed by atoms with van der Waals surface area (Å²) in [5.41, 5.74) is 1.35. The molecule has 1 fully saturated rings. The maximum Gasteiger partial charge on any atom is 0.0406 e. The van der Waals surface area contributed by atoms with Crippen molar-refractivity contribution in [2.45, 2.75) is 51.2 Å². The van der Waals surface area contributed by atoms with Crippen LogP contribution in [0.5, 0.6) is 0 Å². The van der Waals surface area contributed by atoms with Crippen LogP contribution in [-0.2, 0) is 6.54 Å². The SMILES string of the molecule is CCNC1CCC(N(C)Cc2ccc(Cl)cc2)CC1. The van der Waals surface area contributed by atoms with Crippen molar-refractivity contribution in [2.75, 3.05) is 13.6 Å². The summed E-state index contributed by atoms with van der Waals surface area (Å²) in [7, 11) is 2.24. The van der Waals surface area contributed by atoms with E-state index in [2.05, 4.69) is 36.3 Å². The van der Waals surface area contributed by atoms with E-state index < -0.39 is 0 Å². The van der Waals surface area contributed by atoms with Crippen LogP contribution in [0.2, 0.25) is 5.02 Å². The minimum atomic E-state index is 0.727. The smallest absolute Gasteiger partial charge is 0.0406 e. The van der Waals surface area contributed by atoms with Crippen molar-refractivity contribution in [1.29, 1.82) is 0 Å². The van der Waals surface area contributed by atoms with Gasteiger partial charge in [-0.25, -0.2) is 0 Å². The predicted octanol–water partition coefficient (Wildman–Crippen LogP) is 3.69. The van der Waals surface area contributed by atoms with Crippen LogP contribution in [-0.4, -0.2) is 30.6 Å². The molecule has 1 saturated carbocycles. The maximum absolute atomic E-state index is 5.92. The molecule has 0 aromatic heterocycles. The zero-order valence-electron chi connectivity index (χ0n) is 12.0. The van der Waals surface area contributed by atoms with Gasteiger partial charge in [-0.15, -0.1) is 0 Å². The van der Waals surface area contributed by atoms with E-state index in [1.807, 2.05) is 12.1 Å². The third-order valence-electron chi connectivity index (χ3n) is 4.16. The largest absolute Gasteiger partial charge is 0.314 e. The number of hydrogen-bond acceptors (Lipinski definition) is 2. The summed E-state index contributed by atoms with van der Waals surface area (Å²) in [6.07, 6.45) is 5.23. The second-order valence-corrected chi connectivity index (χ2v) is 6.04. The Morgan fingerprint density at radius 2 is 1.79 bits per heavy atom. The Bertz CT molecular complexity index is 369. The molecule has 0 saturated heterocycles. The van der Waals surface area contributed by atoms with E-state index >= 15 is 0 Å². The summed E-state index contributed by atoms with van der Waals surface area (Å²) in [5.74, 6) is 0. The fraction of sp³-hybridized carbons (Fsp3) is 0.625. The van der Waals surface area contributed by atoms with Crippen LogP contribution >= 0.6 is 11.6 Å². The summed E-state index contributed by atoms with van der Waals surface area (Å²) in [6.45, 7) is 4.31. The van der Waals surface area contributed by atoms with Crippen molar-refractivity contribution in [3.8, 4) is 0 Å². The Labute approximate surface area is 122 Å². The van der Waals surface area contributed by atoms with Crippen molar-refractivity contribution < 1.29 is 0 Å². The highest BCUT2D eigenvalue weighted by Gasteiger charge is 2.23. The van der Waals surface area contributed by atoms with Gasteiger partial charge in [-0.3, -0.25) is 4.90 Å². The first-order valence-electron chi connectivity index (χ1n) is 7.37. The molecule has 0 unspecified atom stereocenters. The van der Waals surface area contributed by atoms with Gasteiger partial charge in [0.05, 0.1) is 0 Å². The van der Waals surface area contributed by atoms with E-state index in [0.717, 1.165) is 30.2 Å². The number of rotatable bonds is 5. The molecule has 0 atom stereocenters. The first kappa shape index (κ1) is 14.8. The average molecular weight is 281 g/mol. The lowest BCUT2D eigenvalue weighted by Crippen LogP contribution is -2.40. The highest BCUT2D eigenvalue weighted by molar-refractivity contribution is 6.30. The number of nitrogens with one attached hydrogen (secondary N) is 1. The molecular formula is C16H25ClN2. The second-order valence-electron chi connectivity index (χ2n) is 5.60. The summed E-state index contributed by atoms with van der Waals surface area (Å²) in [6, 6.07) is 9.68. The molecule has 0 spiro atoms. The first-order chi connectivity index (χ1) is 9.19. The number of nitrogens with zero attached hydrogens (tertiary/aromatic N) is 1. The molecule has 0 radical (unpaired) electrons. The molecule has 1 aliphatic carbocycles. The zero-order chi connectivity index (χ0) is 13.7. The van der Waals surface area contributed by atoms with Gasteiger partial charge in [-0.05, 0) is 57.0 Å². The monoisotopic (exact) mass is 280 g/mol. The Kier molecular flexibility index (Phi) is 5.68. The molecule has 1 aliphatic rings. The maximum atomic E-state index is 5.92. The van der Waals surface area contributed by atoms with Crippen molar-refractivity contribution in [2.24, 2.45) is 0 Å². The molecule has 0 heterocycles. The molecule has 2 nitrogen and oxygen atoms in total. The second kappa shape index (κ2) is 7.28. The lowest BCUT2D eigenvalue weighted by atomic mass is 9.90. The predicted molar refractivity (Wildman–Crippen MR) is 82.6 cm³/mol. The first-order valence-corrected chi connectivity index (χ1v) is 7.75. The van der Waals surface area contributed by atoms with E-state index in [-0.39, 0.29) is 0 Å². The Morgan fingerprint density at radius 3 is 2.37 bits per heavy atom. The highest BCUT2D eigenvalue weighted by Crippen LogP contribution is 2.23.